The molecule has 0 aliphatic rings. The van der Waals surface area contributed by atoms with Crippen LogP contribution in [-0.2, 0) is 4.79 Å². The van der Waals surface area contributed by atoms with E-state index in [1.807, 2.05) is 24.3 Å². The molecule has 1 rings (SSSR count). The van der Waals surface area contributed by atoms with Gasteiger partial charge in [-0.25, -0.2) is 0 Å². The van der Waals surface area contributed by atoms with Crippen LogP contribution in [-0.4, -0.2) is 21.0 Å². The van der Waals surface area contributed by atoms with Crippen molar-refractivity contribution in [2.24, 2.45) is 0 Å². The number of nitrogens with one attached hydrogen (secondary N) is 3. The first-order valence-electron chi connectivity index (χ1n) is 12.4. The Morgan fingerprint density at radius 2 is 1.32 bits per heavy atom. The number of benzene rings is 1. The van der Waals surface area contributed by atoms with Gasteiger partial charge in [0.15, 0.2) is 5.11 Å². The molecule has 194 valence electrons. The minimum atomic E-state index is -1.75. The van der Waals surface area contributed by atoms with E-state index in [2.05, 4.69) is 45.5 Å². The van der Waals surface area contributed by atoms with Crippen LogP contribution < -0.4 is 16.0 Å². The molecule has 0 heterocycles. The lowest BCUT2D eigenvalue weighted by Crippen LogP contribution is -2.56. The Kier molecular flexibility index (Phi) is 18.0. The molecule has 1 aromatic rings. The van der Waals surface area contributed by atoms with Gasteiger partial charge in [0, 0.05) is 15.7 Å². The minimum absolute atomic E-state index is 0.163. The fourth-order valence-corrected chi connectivity index (χ4v) is 4.49. The average molecular weight is 663 g/mol. The van der Waals surface area contributed by atoms with Gasteiger partial charge in [-0.2, -0.15) is 0 Å². The maximum Gasteiger partial charge on any atom is 0.228 e. The molecule has 0 fully saturated rings. The summed E-state index contributed by atoms with van der Waals surface area (Å²) in [6, 6.07) is 7.70. The number of carbonyl (C=O) groups excluding carboxylic acids is 1. The Balaban J connectivity index is 2.17. The molecule has 0 radical (unpaired) electrons. The van der Waals surface area contributed by atoms with Crippen molar-refractivity contribution in [3.63, 3.8) is 0 Å². The van der Waals surface area contributed by atoms with Crippen molar-refractivity contribution in [1.29, 1.82) is 0 Å². The van der Waals surface area contributed by atoms with Crippen LogP contribution in [0.1, 0.15) is 96.8 Å². The first-order valence-corrected chi connectivity index (χ1v) is 15.0. The van der Waals surface area contributed by atoms with E-state index in [1.54, 1.807) is 0 Å². The highest BCUT2D eigenvalue weighted by atomic mass is 127. The zero-order valence-electron chi connectivity index (χ0n) is 20.1. The molecule has 1 atom stereocenters. The highest BCUT2D eigenvalue weighted by Gasteiger charge is 2.34. The van der Waals surface area contributed by atoms with Crippen molar-refractivity contribution in [3.05, 3.63) is 27.8 Å². The number of rotatable bonds is 17. The van der Waals surface area contributed by atoms with Crippen LogP contribution in [0.25, 0.3) is 0 Å². The van der Waals surface area contributed by atoms with E-state index in [-0.39, 0.29) is 11.0 Å². The predicted molar refractivity (Wildman–Crippen MR) is 161 cm³/mol. The molecule has 34 heavy (non-hydrogen) atoms. The maximum absolute atomic E-state index is 12.4. The maximum atomic E-state index is 12.4. The molecule has 4 nitrogen and oxygen atoms in total. The second-order valence-corrected chi connectivity index (χ2v) is 12.7. The second-order valence-electron chi connectivity index (χ2n) is 8.64. The van der Waals surface area contributed by atoms with Gasteiger partial charge in [-0.1, -0.05) is 119 Å². The van der Waals surface area contributed by atoms with E-state index in [1.165, 1.54) is 64.2 Å². The Labute approximate surface area is 240 Å². The summed E-state index contributed by atoms with van der Waals surface area (Å²) in [7, 11) is 0. The molecular formula is C25H39Cl3IN3OS. The third-order valence-electron chi connectivity index (χ3n) is 5.52. The summed E-state index contributed by atoms with van der Waals surface area (Å²) >= 11 is 25.7. The minimum Gasteiger partial charge on any atom is -0.339 e. The third kappa shape index (κ3) is 16.6. The first-order chi connectivity index (χ1) is 16.2. The lowest BCUT2D eigenvalue weighted by molar-refractivity contribution is -0.122. The van der Waals surface area contributed by atoms with Gasteiger partial charge in [0.05, 0.1) is 0 Å². The summed E-state index contributed by atoms with van der Waals surface area (Å²) in [5.74, 6) is -0.163. The van der Waals surface area contributed by atoms with Crippen molar-refractivity contribution < 1.29 is 4.79 Å². The summed E-state index contributed by atoms with van der Waals surface area (Å²) in [6.07, 6.45) is 15.9. The normalized spacial score (nSPS) is 12.3. The SMILES string of the molecule is CCCCCCCCCCCCCCCC(=O)NC(NC(=S)Nc1ccc(I)cc1)C(Cl)(Cl)Cl. The monoisotopic (exact) mass is 661 g/mol. The highest BCUT2D eigenvalue weighted by molar-refractivity contribution is 14.1. The summed E-state index contributed by atoms with van der Waals surface area (Å²) in [4.78, 5) is 12.4. The van der Waals surface area contributed by atoms with Crippen LogP contribution in [0, 0.1) is 3.57 Å². The number of halogens is 4. The Morgan fingerprint density at radius 3 is 1.79 bits per heavy atom. The van der Waals surface area contributed by atoms with E-state index in [9.17, 15) is 4.79 Å². The zero-order chi connectivity index (χ0) is 25.2. The topological polar surface area (TPSA) is 53.2 Å². The lowest BCUT2D eigenvalue weighted by Gasteiger charge is -2.27. The number of alkyl halides is 3. The van der Waals surface area contributed by atoms with Gasteiger partial charge >= 0.3 is 0 Å². The first kappa shape index (κ1) is 32.0. The third-order valence-corrected chi connectivity index (χ3v) is 7.11. The smallest absolute Gasteiger partial charge is 0.228 e. The molecule has 1 aromatic carbocycles. The van der Waals surface area contributed by atoms with E-state index in [0.717, 1.165) is 28.5 Å². The molecule has 0 spiro atoms. The number of amides is 1. The number of anilines is 1. The average Bonchev–Trinajstić information content (AvgIpc) is 2.77. The Morgan fingerprint density at radius 1 is 0.853 bits per heavy atom. The van der Waals surface area contributed by atoms with E-state index in [0.29, 0.717) is 6.42 Å². The van der Waals surface area contributed by atoms with Crippen LogP contribution in [0.3, 0.4) is 0 Å². The number of thiocarbonyl (C=S) groups is 1. The number of hydrogen-bond donors (Lipinski definition) is 3. The summed E-state index contributed by atoms with van der Waals surface area (Å²) in [5, 5.41) is 8.94. The van der Waals surface area contributed by atoms with E-state index in [4.69, 9.17) is 47.0 Å². The highest BCUT2D eigenvalue weighted by Crippen LogP contribution is 2.29. The molecule has 0 saturated heterocycles. The fourth-order valence-electron chi connectivity index (χ4n) is 3.57. The van der Waals surface area contributed by atoms with E-state index < -0.39 is 9.96 Å². The molecule has 9 heteroatoms. The molecule has 0 aliphatic heterocycles. The van der Waals surface area contributed by atoms with Crippen LogP contribution in [0.2, 0.25) is 0 Å². The Hall–Kier alpha value is -0.0200. The Bertz CT molecular complexity index is 702. The molecule has 0 aromatic heterocycles. The lowest BCUT2D eigenvalue weighted by atomic mass is 10.0. The van der Waals surface area contributed by atoms with E-state index >= 15 is 0 Å². The number of carbonyl (C=O) groups is 1. The predicted octanol–water partition coefficient (Wildman–Crippen LogP) is 8.87. The van der Waals surface area contributed by atoms with Crippen LogP contribution in [0.4, 0.5) is 5.69 Å². The molecule has 0 bridgehead atoms. The number of unbranched alkanes of at least 4 members (excludes halogenated alkanes) is 12. The summed E-state index contributed by atoms with van der Waals surface area (Å²) < 4.78 is -0.634. The van der Waals surface area contributed by atoms with Crippen molar-refractivity contribution in [2.45, 2.75) is 107 Å². The van der Waals surface area contributed by atoms with Gasteiger partial charge in [-0.3, -0.25) is 4.79 Å². The molecule has 0 aliphatic carbocycles. The molecule has 3 N–H and O–H groups in total. The van der Waals surface area contributed by atoms with Crippen molar-refractivity contribution >= 4 is 86.3 Å². The summed E-state index contributed by atoms with van der Waals surface area (Å²) in [6.45, 7) is 2.26. The summed E-state index contributed by atoms with van der Waals surface area (Å²) in [5.41, 5.74) is 0.805. The standard InChI is InChI=1S/C25H39Cl3IN3OS/c1-2-3-4-5-6-7-8-9-10-11-12-13-14-15-22(33)31-23(25(26,27)28)32-24(34)30-21-18-16-20(29)17-19-21/h16-19,23H,2-15H2,1H3,(H,31,33)(H2,30,32,34). The molecule has 1 amide bonds. The zero-order valence-corrected chi connectivity index (χ0v) is 25.4. The van der Waals surface area contributed by atoms with Gasteiger partial charge in [0.25, 0.3) is 0 Å². The largest absolute Gasteiger partial charge is 0.339 e. The van der Waals surface area contributed by atoms with Gasteiger partial charge in [-0.05, 0) is 65.5 Å². The van der Waals surface area contributed by atoms with Gasteiger partial charge in [0.1, 0.15) is 6.17 Å². The molecule has 0 saturated carbocycles. The van der Waals surface area contributed by atoms with Crippen LogP contribution in [0.15, 0.2) is 24.3 Å². The quantitative estimate of drug-likeness (QED) is 0.0513. The van der Waals surface area contributed by atoms with Crippen molar-refractivity contribution in [1.82, 2.24) is 10.6 Å². The van der Waals surface area contributed by atoms with Gasteiger partial charge < -0.3 is 16.0 Å². The second kappa shape index (κ2) is 19.1. The molecule has 1 unspecified atom stereocenters. The van der Waals surface area contributed by atoms with Crippen LogP contribution in [0.5, 0.6) is 0 Å². The van der Waals surface area contributed by atoms with Gasteiger partial charge in [-0.15, -0.1) is 0 Å². The van der Waals surface area contributed by atoms with Crippen LogP contribution >= 0.6 is 69.6 Å². The fraction of sp³-hybridized carbons (Fsp3) is 0.680. The van der Waals surface area contributed by atoms with Crippen molar-refractivity contribution in [2.75, 3.05) is 5.32 Å². The van der Waals surface area contributed by atoms with Crippen molar-refractivity contribution in [3.8, 4) is 0 Å². The number of hydrogen-bond acceptors (Lipinski definition) is 2. The van der Waals surface area contributed by atoms with Gasteiger partial charge in [0.2, 0.25) is 9.70 Å². The molecular weight excluding hydrogens is 624 g/mol.